The maximum atomic E-state index is 11.0. The number of primary amides is 1. The van der Waals surface area contributed by atoms with Crippen molar-refractivity contribution >= 4 is 33.3 Å². The first kappa shape index (κ1) is 12.4. The molecule has 1 aromatic carbocycles. The first-order valence-corrected chi connectivity index (χ1v) is 5.98. The predicted molar refractivity (Wildman–Crippen MR) is 73.0 cm³/mol. The van der Waals surface area contributed by atoms with E-state index in [0.29, 0.717) is 17.9 Å². The molecular weight excluding hydrogens is 298 g/mol. The van der Waals surface area contributed by atoms with Crippen LogP contribution in [0.25, 0.3) is 0 Å². The number of nitrogen functional groups attached to an aromatic ring is 1. The van der Waals surface area contributed by atoms with Crippen molar-refractivity contribution in [3.05, 3.63) is 40.0 Å². The number of nitrogens with two attached hydrogens (primary N) is 2. The fraction of sp³-hybridized carbons (Fsp3) is 0.0909. The summed E-state index contributed by atoms with van der Waals surface area (Å²) in [6, 6.07) is 5.11. The van der Waals surface area contributed by atoms with Crippen LogP contribution in [0.4, 0.5) is 11.5 Å². The second kappa shape index (κ2) is 5.09. The molecule has 7 heteroatoms. The maximum absolute atomic E-state index is 11.0. The smallest absolute Gasteiger partial charge is 0.248 e. The molecule has 2 rings (SSSR count). The summed E-state index contributed by atoms with van der Waals surface area (Å²) >= 11 is 3.37. The van der Waals surface area contributed by atoms with Gasteiger partial charge in [0, 0.05) is 27.8 Å². The van der Waals surface area contributed by atoms with E-state index in [9.17, 15) is 4.79 Å². The minimum absolute atomic E-state index is 0.454. The molecule has 1 amide bonds. The highest BCUT2D eigenvalue weighted by atomic mass is 79.9. The van der Waals surface area contributed by atoms with Gasteiger partial charge in [-0.15, -0.1) is 0 Å². The lowest BCUT2D eigenvalue weighted by Gasteiger charge is -2.08. The van der Waals surface area contributed by atoms with E-state index >= 15 is 0 Å². The molecule has 0 aliphatic heterocycles. The van der Waals surface area contributed by atoms with E-state index in [2.05, 4.69) is 31.4 Å². The summed E-state index contributed by atoms with van der Waals surface area (Å²) in [6.07, 6.45) is 1.66. The average Bonchev–Trinajstić information content (AvgIpc) is 2.73. The van der Waals surface area contributed by atoms with Gasteiger partial charge in [0.2, 0.25) is 5.91 Å². The highest BCUT2D eigenvalue weighted by molar-refractivity contribution is 9.10. The molecule has 0 saturated carbocycles. The number of hydrogen-bond acceptors (Lipinski definition) is 4. The lowest BCUT2D eigenvalue weighted by Crippen LogP contribution is -2.11. The number of H-pyrrole nitrogens is 1. The van der Waals surface area contributed by atoms with Crippen LogP contribution in [0.5, 0.6) is 0 Å². The number of anilines is 2. The van der Waals surface area contributed by atoms with Crippen molar-refractivity contribution in [3.8, 4) is 0 Å². The highest BCUT2D eigenvalue weighted by Crippen LogP contribution is 2.24. The Balaban J connectivity index is 2.11. The first-order chi connectivity index (χ1) is 8.58. The Labute approximate surface area is 112 Å². The van der Waals surface area contributed by atoms with Crippen LogP contribution in [-0.2, 0) is 6.54 Å². The van der Waals surface area contributed by atoms with E-state index < -0.39 is 5.91 Å². The monoisotopic (exact) mass is 309 g/mol. The molecule has 0 aliphatic rings. The van der Waals surface area contributed by atoms with Crippen molar-refractivity contribution in [1.29, 1.82) is 0 Å². The molecule has 18 heavy (non-hydrogen) atoms. The number of aromatic amines is 1. The van der Waals surface area contributed by atoms with E-state index in [4.69, 9.17) is 11.5 Å². The lowest BCUT2D eigenvalue weighted by molar-refractivity contribution is 0.100. The lowest BCUT2D eigenvalue weighted by atomic mass is 10.2. The van der Waals surface area contributed by atoms with Crippen LogP contribution in [-0.4, -0.2) is 16.1 Å². The Hall–Kier alpha value is -2.02. The van der Waals surface area contributed by atoms with Gasteiger partial charge in [-0.3, -0.25) is 9.89 Å². The summed E-state index contributed by atoms with van der Waals surface area (Å²) in [7, 11) is 0. The fourth-order valence-corrected chi connectivity index (χ4v) is 1.98. The van der Waals surface area contributed by atoms with Gasteiger partial charge in [-0.05, 0) is 34.1 Å². The second-order valence-corrected chi connectivity index (χ2v) is 4.58. The SMILES string of the molecule is NC(=O)c1ccc(NCc2cn[nH]c2N)c(Br)c1. The zero-order chi connectivity index (χ0) is 13.1. The Morgan fingerprint density at radius 3 is 2.83 bits per heavy atom. The van der Waals surface area contributed by atoms with E-state index in [-0.39, 0.29) is 0 Å². The summed E-state index contributed by atoms with van der Waals surface area (Å²) in [5.74, 6) is 0.0775. The molecule has 0 unspecified atom stereocenters. The Morgan fingerprint density at radius 2 is 2.28 bits per heavy atom. The molecule has 0 atom stereocenters. The molecule has 6 N–H and O–H groups in total. The molecule has 2 aromatic rings. The van der Waals surface area contributed by atoms with Gasteiger partial charge in [0.1, 0.15) is 5.82 Å². The van der Waals surface area contributed by atoms with Crippen molar-refractivity contribution < 1.29 is 4.79 Å². The number of hydrogen-bond donors (Lipinski definition) is 4. The number of rotatable bonds is 4. The number of aromatic nitrogens is 2. The van der Waals surface area contributed by atoms with Gasteiger partial charge in [-0.25, -0.2) is 0 Å². The third-order valence-corrected chi connectivity index (χ3v) is 3.13. The van der Waals surface area contributed by atoms with Crippen LogP contribution in [0, 0.1) is 0 Å². The molecule has 1 aromatic heterocycles. The summed E-state index contributed by atoms with van der Waals surface area (Å²) in [6.45, 7) is 0.539. The van der Waals surface area contributed by atoms with E-state index in [1.54, 1.807) is 24.4 Å². The Kier molecular flexibility index (Phi) is 3.52. The number of amides is 1. The van der Waals surface area contributed by atoms with Crippen LogP contribution in [0.15, 0.2) is 28.9 Å². The van der Waals surface area contributed by atoms with E-state index in [0.717, 1.165) is 15.7 Å². The fourth-order valence-electron chi connectivity index (χ4n) is 1.46. The quantitative estimate of drug-likeness (QED) is 0.685. The third-order valence-electron chi connectivity index (χ3n) is 2.47. The minimum atomic E-state index is -0.457. The molecular formula is C11H12BrN5O. The molecule has 94 valence electrons. The third kappa shape index (κ3) is 2.62. The topological polar surface area (TPSA) is 110 Å². The minimum Gasteiger partial charge on any atom is -0.384 e. The van der Waals surface area contributed by atoms with Crippen LogP contribution >= 0.6 is 15.9 Å². The summed E-state index contributed by atoms with van der Waals surface area (Å²) < 4.78 is 0.765. The Bertz CT molecular complexity index is 581. The largest absolute Gasteiger partial charge is 0.384 e. The normalized spacial score (nSPS) is 10.3. The molecule has 1 heterocycles. The summed E-state index contributed by atoms with van der Waals surface area (Å²) in [4.78, 5) is 11.0. The summed E-state index contributed by atoms with van der Waals surface area (Å²) in [5.41, 5.74) is 13.0. The van der Waals surface area contributed by atoms with Gasteiger partial charge >= 0.3 is 0 Å². The average molecular weight is 310 g/mol. The van der Waals surface area contributed by atoms with E-state index in [1.165, 1.54) is 0 Å². The van der Waals surface area contributed by atoms with Gasteiger partial charge in [-0.1, -0.05) is 0 Å². The molecule has 0 spiro atoms. The number of nitrogens with one attached hydrogen (secondary N) is 2. The predicted octanol–water partition coefficient (Wildman–Crippen LogP) is 1.47. The number of carbonyl (C=O) groups is 1. The number of halogens is 1. The van der Waals surface area contributed by atoms with Crippen molar-refractivity contribution in [2.45, 2.75) is 6.54 Å². The first-order valence-electron chi connectivity index (χ1n) is 5.19. The second-order valence-electron chi connectivity index (χ2n) is 3.72. The molecule has 0 bridgehead atoms. The highest BCUT2D eigenvalue weighted by Gasteiger charge is 2.06. The standard InChI is InChI=1S/C11H12BrN5O/c12-8-3-6(11(14)18)1-2-9(8)15-4-7-5-16-17-10(7)13/h1-3,5,15H,4H2,(H2,14,18)(H3,13,16,17). The van der Waals surface area contributed by atoms with Crippen molar-refractivity contribution in [3.63, 3.8) is 0 Å². The molecule has 6 nitrogen and oxygen atoms in total. The van der Waals surface area contributed by atoms with Crippen LogP contribution in [0.1, 0.15) is 15.9 Å². The van der Waals surface area contributed by atoms with Crippen LogP contribution in [0.3, 0.4) is 0 Å². The molecule has 0 aliphatic carbocycles. The van der Waals surface area contributed by atoms with Gasteiger partial charge in [0.15, 0.2) is 0 Å². The van der Waals surface area contributed by atoms with Gasteiger partial charge < -0.3 is 16.8 Å². The van der Waals surface area contributed by atoms with Gasteiger partial charge in [-0.2, -0.15) is 5.10 Å². The zero-order valence-electron chi connectivity index (χ0n) is 9.40. The number of benzene rings is 1. The Morgan fingerprint density at radius 1 is 1.50 bits per heavy atom. The van der Waals surface area contributed by atoms with E-state index in [1.807, 2.05) is 0 Å². The molecule has 0 saturated heterocycles. The van der Waals surface area contributed by atoms with Gasteiger partial charge in [0.25, 0.3) is 0 Å². The van der Waals surface area contributed by atoms with Crippen molar-refractivity contribution in [1.82, 2.24) is 10.2 Å². The molecule has 0 radical (unpaired) electrons. The van der Waals surface area contributed by atoms with Crippen LogP contribution in [0.2, 0.25) is 0 Å². The molecule has 0 fully saturated rings. The van der Waals surface area contributed by atoms with Crippen molar-refractivity contribution in [2.75, 3.05) is 11.1 Å². The summed E-state index contributed by atoms with van der Waals surface area (Å²) in [5, 5.41) is 9.67. The van der Waals surface area contributed by atoms with Crippen LogP contribution < -0.4 is 16.8 Å². The zero-order valence-corrected chi connectivity index (χ0v) is 11.0. The van der Waals surface area contributed by atoms with Crippen molar-refractivity contribution in [2.24, 2.45) is 5.73 Å². The number of nitrogens with zero attached hydrogens (tertiary/aromatic N) is 1. The maximum Gasteiger partial charge on any atom is 0.248 e. The van der Waals surface area contributed by atoms with Gasteiger partial charge in [0.05, 0.1) is 6.20 Å². The number of carbonyl (C=O) groups excluding carboxylic acids is 1.